The molecule has 0 radical (unpaired) electrons. The molecule has 2 aromatic heterocycles. The van der Waals surface area contributed by atoms with Crippen LogP contribution in [-0.4, -0.2) is 25.7 Å². The fraction of sp³-hybridized carbons (Fsp3) is 0.214. The predicted octanol–water partition coefficient (Wildman–Crippen LogP) is 2.77. The Morgan fingerprint density at radius 2 is 2.00 bits per heavy atom. The quantitative estimate of drug-likeness (QED) is 0.798. The van der Waals surface area contributed by atoms with Crippen molar-refractivity contribution >= 4 is 23.5 Å². The number of hydrogen-bond acceptors (Lipinski definition) is 7. The van der Waals surface area contributed by atoms with E-state index in [-0.39, 0.29) is 11.9 Å². The smallest absolute Gasteiger partial charge is 0.322 e. The van der Waals surface area contributed by atoms with Gasteiger partial charge >= 0.3 is 6.01 Å². The van der Waals surface area contributed by atoms with Crippen LogP contribution in [0.4, 0.5) is 6.01 Å². The van der Waals surface area contributed by atoms with Gasteiger partial charge in [0.1, 0.15) is 4.88 Å². The number of carbonyl (C=O) groups is 1. The van der Waals surface area contributed by atoms with E-state index < -0.39 is 0 Å². The van der Waals surface area contributed by atoms with E-state index in [2.05, 4.69) is 25.1 Å². The average Bonchev–Trinajstić information content (AvgIpc) is 3.08. The van der Waals surface area contributed by atoms with Gasteiger partial charge in [0.05, 0.1) is 5.69 Å². The van der Waals surface area contributed by atoms with Crippen LogP contribution < -0.4 is 5.32 Å². The van der Waals surface area contributed by atoms with E-state index in [4.69, 9.17) is 4.42 Å². The van der Waals surface area contributed by atoms with Gasteiger partial charge in [0.2, 0.25) is 5.89 Å². The maximum atomic E-state index is 12.0. The Kier molecular flexibility index (Phi) is 3.68. The molecule has 0 aliphatic heterocycles. The molecule has 0 unspecified atom stereocenters. The molecular formula is C14H13N5O2S. The molecule has 112 valence electrons. The average molecular weight is 315 g/mol. The maximum absolute atomic E-state index is 12.0. The summed E-state index contributed by atoms with van der Waals surface area (Å²) in [5.74, 6) is 0.00952. The molecule has 0 spiro atoms. The molecule has 2 heterocycles. The summed E-state index contributed by atoms with van der Waals surface area (Å²) in [5, 5.41) is 14.2. The number of carbonyl (C=O) groups excluding carboxylic acids is 1. The Balaban J connectivity index is 1.82. The highest BCUT2D eigenvalue weighted by atomic mass is 32.1. The third-order valence-electron chi connectivity index (χ3n) is 3.12. The van der Waals surface area contributed by atoms with Crippen LogP contribution in [0, 0.1) is 20.8 Å². The van der Waals surface area contributed by atoms with Crippen LogP contribution in [0.1, 0.15) is 26.5 Å². The zero-order valence-electron chi connectivity index (χ0n) is 12.2. The van der Waals surface area contributed by atoms with E-state index in [9.17, 15) is 4.79 Å². The van der Waals surface area contributed by atoms with E-state index in [0.29, 0.717) is 16.5 Å². The molecule has 0 bridgehead atoms. The first kappa shape index (κ1) is 14.3. The van der Waals surface area contributed by atoms with E-state index >= 15 is 0 Å². The summed E-state index contributed by atoms with van der Waals surface area (Å²) in [5.41, 5.74) is 3.59. The summed E-state index contributed by atoms with van der Waals surface area (Å²) in [6.45, 7) is 5.70. The first-order valence-corrected chi connectivity index (χ1v) is 7.33. The van der Waals surface area contributed by atoms with Crippen LogP contribution >= 0.6 is 11.5 Å². The molecule has 3 aromatic rings. The molecule has 0 aliphatic rings. The molecule has 8 heteroatoms. The van der Waals surface area contributed by atoms with Crippen LogP contribution in [0.5, 0.6) is 0 Å². The van der Waals surface area contributed by atoms with Gasteiger partial charge in [-0.25, -0.2) is 0 Å². The van der Waals surface area contributed by atoms with Gasteiger partial charge in [-0.05, 0) is 43.9 Å². The summed E-state index contributed by atoms with van der Waals surface area (Å²) in [6, 6.07) is 5.97. The zero-order valence-corrected chi connectivity index (χ0v) is 13.1. The number of aromatic nitrogens is 4. The lowest BCUT2D eigenvalue weighted by molar-refractivity contribution is 0.102. The van der Waals surface area contributed by atoms with Crippen molar-refractivity contribution in [1.29, 1.82) is 0 Å². The predicted molar refractivity (Wildman–Crippen MR) is 81.8 cm³/mol. The molecule has 3 rings (SSSR count). The lowest BCUT2D eigenvalue weighted by atomic mass is 10.1. The normalized spacial score (nSPS) is 10.7. The van der Waals surface area contributed by atoms with E-state index in [1.165, 1.54) is 0 Å². The molecule has 22 heavy (non-hydrogen) atoms. The van der Waals surface area contributed by atoms with Crippen LogP contribution in [0.25, 0.3) is 11.5 Å². The van der Waals surface area contributed by atoms with Gasteiger partial charge in [-0.15, -0.1) is 10.2 Å². The summed E-state index contributed by atoms with van der Waals surface area (Å²) in [4.78, 5) is 12.5. The minimum absolute atomic E-state index is 0.0489. The number of nitrogens with zero attached hydrogens (tertiary/aromatic N) is 4. The molecule has 0 aliphatic carbocycles. The zero-order chi connectivity index (χ0) is 15.7. The van der Waals surface area contributed by atoms with Crippen molar-refractivity contribution in [3.8, 4) is 11.5 Å². The molecule has 1 N–H and O–H groups in total. The lowest BCUT2D eigenvalue weighted by Gasteiger charge is -2.01. The number of nitrogens with one attached hydrogen (secondary N) is 1. The van der Waals surface area contributed by atoms with Gasteiger partial charge in [-0.3, -0.25) is 10.1 Å². The van der Waals surface area contributed by atoms with Crippen LogP contribution in [0.2, 0.25) is 0 Å². The number of anilines is 1. The maximum Gasteiger partial charge on any atom is 0.322 e. The number of hydrogen-bond donors (Lipinski definition) is 1. The molecule has 1 aromatic carbocycles. The molecule has 0 saturated heterocycles. The summed E-state index contributed by atoms with van der Waals surface area (Å²) in [6.07, 6.45) is 0. The Labute approximate surface area is 130 Å². The minimum Gasteiger partial charge on any atom is -0.403 e. The Hall–Kier alpha value is -2.61. The third-order valence-corrected chi connectivity index (χ3v) is 3.94. The van der Waals surface area contributed by atoms with Crippen molar-refractivity contribution in [2.75, 3.05) is 5.32 Å². The molecule has 7 nitrogen and oxygen atoms in total. The fourth-order valence-corrected chi connectivity index (χ4v) is 2.58. The van der Waals surface area contributed by atoms with Gasteiger partial charge in [0.15, 0.2) is 0 Å². The molecule has 0 atom stereocenters. The van der Waals surface area contributed by atoms with Crippen LogP contribution in [0.3, 0.4) is 0 Å². The van der Waals surface area contributed by atoms with Crippen molar-refractivity contribution in [1.82, 2.24) is 19.8 Å². The minimum atomic E-state index is -0.358. The number of rotatable bonds is 3. The van der Waals surface area contributed by atoms with Crippen molar-refractivity contribution in [2.24, 2.45) is 0 Å². The number of amides is 1. The van der Waals surface area contributed by atoms with Gasteiger partial charge in [0.25, 0.3) is 5.91 Å². The Morgan fingerprint density at radius 3 is 2.68 bits per heavy atom. The molecular weight excluding hydrogens is 302 g/mol. The SMILES string of the molecule is Cc1ccc(-c2nnc(NC(=O)c3snnc3C)o2)c(C)c1. The molecule has 1 amide bonds. The summed E-state index contributed by atoms with van der Waals surface area (Å²) < 4.78 is 9.23. The summed E-state index contributed by atoms with van der Waals surface area (Å²) >= 11 is 1.02. The topological polar surface area (TPSA) is 93.8 Å². The highest BCUT2D eigenvalue weighted by Gasteiger charge is 2.17. The van der Waals surface area contributed by atoms with Crippen molar-refractivity contribution in [3.05, 3.63) is 39.9 Å². The van der Waals surface area contributed by atoms with Gasteiger partial charge in [0, 0.05) is 5.56 Å². The van der Waals surface area contributed by atoms with E-state index in [1.807, 2.05) is 32.0 Å². The fourth-order valence-electron chi connectivity index (χ4n) is 2.03. The largest absolute Gasteiger partial charge is 0.403 e. The second kappa shape index (κ2) is 5.64. The highest BCUT2D eigenvalue weighted by molar-refractivity contribution is 7.08. The first-order valence-electron chi connectivity index (χ1n) is 6.56. The van der Waals surface area contributed by atoms with Gasteiger partial charge in [-0.2, -0.15) is 0 Å². The van der Waals surface area contributed by atoms with Gasteiger partial charge < -0.3 is 4.42 Å². The Bertz CT molecular complexity index is 839. The van der Waals surface area contributed by atoms with Crippen molar-refractivity contribution in [2.45, 2.75) is 20.8 Å². The molecule has 0 fully saturated rings. The van der Waals surface area contributed by atoms with Crippen LogP contribution in [0.15, 0.2) is 22.6 Å². The van der Waals surface area contributed by atoms with Gasteiger partial charge in [-0.1, -0.05) is 27.3 Å². The third kappa shape index (κ3) is 2.73. The standard InChI is InChI=1S/C14H13N5O2S/c1-7-4-5-10(8(2)6-7)13-17-18-14(21-13)15-12(20)11-9(3)16-19-22-11/h4-6H,1-3H3,(H,15,18,20). The lowest BCUT2D eigenvalue weighted by Crippen LogP contribution is -2.11. The summed E-state index contributed by atoms with van der Waals surface area (Å²) in [7, 11) is 0. The number of aryl methyl sites for hydroxylation is 3. The van der Waals surface area contributed by atoms with Crippen LogP contribution in [-0.2, 0) is 0 Å². The number of benzene rings is 1. The second-order valence-electron chi connectivity index (χ2n) is 4.87. The Morgan fingerprint density at radius 1 is 1.18 bits per heavy atom. The monoisotopic (exact) mass is 315 g/mol. The van der Waals surface area contributed by atoms with Crippen molar-refractivity contribution in [3.63, 3.8) is 0 Å². The highest BCUT2D eigenvalue weighted by Crippen LogP contribution is 2.24. The second-order valence-corrected chi connectivity index (χ2v) is 5.63. The first-order chi connectivity index (χ1) is 10.5. The van der Waals surface area contributed by atoms with E-state index in [1.54, 1.807) is 6.92 Å². The van der Waals surface area contributed by atoms with E-state index in [0.717, 1.165) is 28.2 Å². The van der Waals surface area contributed by atoms with Crippen molar-refractivity contribution < 1.29 is 9.21 Å². The molecule has 0 saturated carbocycles.